The number of rotatable bonds is 2. The minimum atomic E-state index is -0.720. The summed E-state index contributed by atoms with van der Waals surface area (Å²) >= 11 is 0. The summed E-state index contributed by atoms with van der Waals surface area (Å²) in [4.78, 5) is 11.5. The van der Waals surface area contributed by atoms with Crippen LogP contribution in [0.5, 0.6) is 0 Å². The van der Waals surface area contributed by atoms with Crippen molar-refractivity contribution >= 4 is 5.91 Å². The summed E-state index contributed by atoms with van der Waals surface area (Å²) in [6.07, 6.45) is 11.4. The van der Waals surface area contributed by atoms with Gasteiger partial charge in [0.15, 0.2) is 0 Å². The van der Waals surface area contributed by atoms with Crippen molar-refractivity contribution in [2.45, 2.75) is 11.8 Å². The van der Waals surface area contributed by atoms with E-state index in [1.807, 2.05) is 24.3 Å². The fourth-order valence-corrected chi connectivity index (χ4v) is 1.65. The van der Waals surface area contributed by atoms with Crippen molar-refractivity contribution < 1.29 is 4.79 Å². The number of carbonyl (C=O) groups is 1. The van der Waals surface area contributed by atoms with Gasteiger partial charge in [0.1, 0.15) is 0 Å². The van der Waals surface area contributed by atoms with Crippen molar-refractivity contribution in [3.05, 3.63) is 42.3 Å². The van der Waals surface area contributed by atoms with Crippen LogP contribution in [0.15, 0.2) is 36.7 Å². The number of carbonyl (C=O) groups excluding carboxylic acids is 1. The lowest BCUT2D eigenvalue weighted by Gasteiger charge is -2.26. The first-order valence-electron chi connectivity index (χ1n) is 4.39. The molecule has 0 aromatic carbocycles. The van der Waals surface area contributed by atoms with Crippen LogP contribution >= 0.6 is 0 Å². The first-order chi connectivity index (χ1) is 6.76. The molecule has 2 rings (SSSR count). The average Bonchev–Trinajstić information content (AvgIpc) is 2.72. The molecule has 0 bridgehead atoms. The lowest BCUT2D eigenvalue weighted by molar-refractivity contribution is -0.121. The van der Waals surface area contributed by atoms with Gasteiger partial charge in [0.05, 0.1) is 11.6 Å². The van der Waals surface area contributed by atoms with E-state index in [1.165, 1.54) is 0 Å². The van der Waals surface area contributed by atoms with Gasteiger partial charge in [-0.05, 0) is 6.42 Å². The summed E-state index contributed by atoms with van der Waals surface area (Å²) in [6.45, 7) is 0. The Balaban J connectivity index is 2.47. The van der Waals surface area contributed by atoms with Crippen LogP contribution in [0.1, 0.15) is 12.0 Å². The minimum Gasteiger partial charge on any atom is -0.369 e. The molecule has 0 fully saturated rings. The van der Waals surface area contributed by atoms with Gasteiger partial charge in [-0.2, -0.15) is 5.10 Å². The van der Waals surface area contributed by atoms with E-state index in [0.29, 0.717) is 6.42 Å². The van der Waals surface area contributed by atoms with E-state index in [0.717, 1.165) is 5.56 Å². The molecular weight excluding hydrogens is 178 g/mol. The first-order valence-corrected chi connectivity index (χ1v) is 4.39. The predicted octanol–water partition coefficient (Wildman–Crippen LogP) is 0.649. The van der Waals surface area contributed by atoms with Gasteiger partial charge in [0.25, 0.3) is 0 Å². The molecule has 0 spiro atoms. The molecule has 0 radical (unpaired) electrons. The zero-order valence-electron chi connectivity index (χ0n) is 7.60. The molecule has 1 heterocycles. The van der Waals surface area contributed by atoms with Gasteiger partial charge in [0.2, 0.25) is 5.91 Å². The molecule has 1 amide bonds. The molecule has 0 aliphatic heterocycles. The van der Waals surface area contributed by atoms with Gasteiger partial charge < -0.3 is 5.73 Å². The second kappa shape index (κ2) is 3.14. The van der Waals surface area contributed by atoms with E-state index in [4.69, 9.17) is 5.73 Å². The zero-order valence-corrected chi connectivity index (χ0v) is 7.60. The maximum Gasteiger partial charge on any atom is 0.232 e. The topological polar surface area (TPSA) is 71.8 Å². The number of primary amides is 1. The monoisotopic (exact) mass is 189 g/mol. The van der Waals surface area contributed by atoms with Gasteiger partial charge in [-0.15, -0.1) is 0 Å². The number of allylic oxidation sites excluding steroid dienone is 3. The quantitative estimate of drug-likeness (QED) is 0.717. The molecule has 1 unspecified atom stereocenters. The number of hydrogen-bond donors (Lipinski definition) is 2. The van der Waals surface area contributed by atoms with Gasteiger partial charge in [-0.3, -0.25) is 9.89 Å². The molecule has 0 saturated heterocycles. The molecule has 1 aromatic heterocycles. The minimum absolute atomic E-state index is 0.348. The molecule has 1 atom stereocenters. The van der Waals surface area contributed by atoms with Crippen molar-refractivity contribution in [2.75, 3.05) is 0 Å². The Labute approximate surface area is 81.5 Å². The van der Waals surface area contributed by atoms with Crippen molar-refractivity contribution in [1.82, 2.24) is 10.2 Å². The Morgan fingerprint density at radius 3 is 2.93 bits per heavy atom. The highest BCUT2D eigenvalue weighted by Gasteiger charge is 2.36. The summed E-state index contributed by atoms with van der Waals surface area (Å²) < 4.78 is 0. The molecule has 1 aliphatic carbocycles. The fourth-order valence-electron chi connectivity index (χ4n) is 1.65. The van der Waals surface area contributed by atoms with Crippen LogP contribution in [-0.4, -0.2) is 16.1 Å². The van der Waals surface area contributed by atoms with Gasteiger partial charge >= 0.3 is 0 Å². The second-order valence-electron chi connectivity index (χ2n) is 3.31. The highest BCUT2D eigenvalue weighted by Crippen LogP contribution is 2.31. The summed E-state index contributed by atoms with van der Waals surface area (Å²) in [7, 11) is 0. The first kappa shape index (κ1) is 8.74. The molecule has 72 valence electrons. The van der Waals surface area contributed by atoms with Crippen LogP contribution in [0.2, 0.25) is 0 Å². The third kappa shape index (κ3) is 1.16. The molecular formula is C10H11N3O. The van der Waals surface area contributed by atoms with E-state index in [2.05, 4.69) is 10.2 Å². The standard InChI is InChI=1S/C10H11N3O/c11-9(14)10(4-2-1-3-5-10)8-6-12-13-7-8/h1-4,6-7H,5H2,(H2,11,14)(H,12,13). The Kier molecular flexibility index (Phi) is 1.96. The van der Waals surface area contributed by atoms with E-state index in [9.17, 15) is 4.79 Å². The van der Waals surface area contributed by atoms with Gasteiger partial charge in [-0.1, -0.05) is 24.3 Å². The Bertz CT molecular complexity index is 392. The number of aromatic nitrogens is 2. The number of amides is 1. The van der Waals surface area contributed by atoms with Crippen LogP contribution in [0.3, 0.4) is 0 Å². The molecule has 3 N–H and O–H groups in total. The summed E-state index contributed by atoms with van der Waals surface area (Å²) in [5.74, 6) is -0.348. The zero-order chi connectivity index (χ0) is 10.0. The van der Waals surface area contributed by atoms with Gasteiger partial charge in [0, 0.05) is 11.8 Å². The normalized spacial score (nSPS) is 25.1. The number of nitrogens with zero attached hydrogens (tertiary/aromatic N) is 1. The van der Waals surface area contributed by atoms with Crippen LogP contribution in [0.25, 0.3) is 0 Å². The van der Waals surface area contributed by atoms with Crippen molar-refractivity contribution in [2.24, 2.45) is 5.73 Å². The SMILES string of the molecule is NC(=O)C1(c2cn[nH]c2)C=CC=CC1. The van der Waals surface area contributed by atoms with Crippen LogP contribution in [0.4, 0.5) is 0 Å². The largest absolute Gasteiger partial charge is 0.369 e. The average molecular weight is 189 g/mol. The highest BCUT2D eigenvalue weighted by atomic mass is 16.1. The van der Waals surface area contributed by atoms with Crippen LogP contribution in [0, 0.1) is 0 Å². The Morgan fingerprint density at radius 1 is 1.57 bits per heavy atom. The number of nitrogens with one attached hydrogen (secondary N) is 1. The number of H-pyrrole nitrogens is 1. The van der Waals surface area contributed by atoms with E-state index in [-0.39, 0.29) is 5.91 Å². The smallest absolute Gasteiger partial charge is 0.232 e. The maximum atomic E-state index is 11.5. The van der Waals surface area contributed by atoms with Gasteiger partial charge in [-0.25, -0.2) is 0 Å². The fraction of sp³-hybridized carbons (Fsp3) is 0.200. The Hall–Kier alpha value is -1.84. The van der Waals surface area contributed by atoms with Crippen LogP contribution in [-0.2, 0) is 10.2 Å². The molecule has 0 saturated carbocycles. The predicted molar refractivity (Wildman–Crippen MR) is 52.4 cm³/mol. The summed E-state index contributed by atoms with van der Waals surface area (Å²) in [5.41, 5.74) is 5.52. The molecule has 1 aromatic rings. The summed E-state index contributed by atoms with van der Waals surface area (Å²) in [6, 6.07) is 0. The number of hydrogen-bond acceptors (Lipinski definition) is 2. The molecule has 14 heavy (non-hydrogen) atoms. The second-order valence-corrected chi connectivity index (χ2v) is 3.31. The van der Waals surface area contributed by atoms with Crippen LogP contribution < -0.4 is 5.73 Å². The summed E-state index contributed by atoms with van der Waals surface area (Å²) in [5, 5.41) is 6.52. The maximum absolute atomic E-state index is 11.5. The van der Waals surface area contributed by atoms with E-state index in [1.54, 1.807) is 12.4 Å². The van der Waals surface area contributed by atoms with E-state index < -0.39 is 5.41 Å². The van der Waals surface area contributed by atoms with E-state index >= 15 is 0 Å². The molecule has 1 aliphatic rings. The van der Waals surface area contributed by atoms with Crippen molar-refractivity contribution in [1.29, 1.82) is 0 Å². The highest BCUT2D eigenvalue weighted by molar-refractivity contribution is 5.89. The Morgan fingerprint density at radius 2 is 2.43 bits per heavy atom. The van der Waals surface area contributed by atoms with Crippen molar-refractivity contribution in [3.63, 3.8) is 0 Å². The molecule has 4 heteroatoms. The van der Waals surface area contributed by atoms with Crippen molar-refractivity contribution in [3.8, 4) is 0 Å². The lowest BCUT2D eigenvalue weighted by atomic mass is 9.76. The number of aromatic amines is 1. The lowest BCUT2D eigenvalue weighted by Crippen LogP contribution is -2.39. The third-order valence-electron chi connectivity index (χ3n) is 2.52. The third-order valence-corrected chi connectivity index (χ3v) is 2.52. The molecule has 4 nitrogen and oxygen atoms in total. The number of nitrogens with two attached hydrogens (primary N) is 1.